The minimum atomic E-state index is -4.03. The Bertz CT molecular complexity index is 860. The van der Waals surface area contributed by atoms with Crippen molar-refractivity contribution in [1.82, 2.24) is 14.3 Å². The molecule has 6 nitrogen and oxygen atoms in total. The number of halogens is 2. The van der Waals surface area contributed by atoms with Gasteiger partial charge in [0.15, 0.2) is 5.69 Å². The SMILES string of the molecule is CC(CC(C)(C)F)n1cnc(C(=O)NS(=O)(=O)c2ccccc2)c1Cl. The summed E-state index contributed by atoms with van der Waals surface area (Å²) >= 11 is 6.14. The van der Waals surface area contributed by atoms with E-state index in [9.17, 15) is 17.6 Å². The van der Waals surface area contributed by atoms with Crippen LogP contribution in [0.4, 0.5) is 4.39 Å². The first kappa shape index (κ1) is 19.4. The Hall–Kier alpha value is -1.93. The van der Waals surface area contributed by atoms with Crippen molar-refractivity contribution >= 4 is 27.5 Å². The molecule has 1 N–H and O–H groups in total. The Morgan fingerprint density at radius 1 is 1.36 bits per heavy atom. The van der Waals surface area contributed by atoms with Crippen LogP contribution in [-0.4, -0.2) is 29.5 Å². The highest BCUT2D eigenvalue weighted by atomic mass is 35.5. The predicted molar refractivity (Wildman–Crippen MR) is 92.8 cm³/mol. The van der Waals surface area contributed by atoms with Crippen LogP contribution in [-0.2, 0) is 10.0 Å². The van der Waals surface area contributed by atoms with Crippen molar-refractivity contribution in [3.8, 4) is 0 Å². The minimum absolute atomic E-state index is 0.0440. The fraction of sp³-hybridized carbons (Fsp3) is 0.375. The van der Waals surface area contributed by atoms with Gasteiger partial charge >= 0.3 is 0 Å². The van der Waals surface area contributed by atoms with E-state index in [0.717, 1.165) is 0 Å². The Morgan fingerprint density at radius 3 is 2.52 bits per heavy atom. The van der Waals surface area contributed by atoms with Crippen LogP contribution in [0.5, 0.6) is 0 Å². The number of hydrogen-bond acceptors (Lipinski definition) is 4. The fourth-order valence-corrected chi connectivity index (χ4v) is 3.75. The molecule has 2 aromatic rings. The molecular weight excluding hydrogens is 369 g/mol. The van der Waals surface area contributed by atoms with Gasteiger partial charge in [0.1, 0.15) is 10.8 Å². The third-order valence-electron chi connectivity index (χ3n) is 3.48. The number of aromatic nitrogens is 2. The van der Waals surface area contributed by atoms with Gasteiger partial charge in [-0.3, -0.25) is 4.79 Å². The van der Waals surface area contributed by atoms with Gasteiger partial charge in [0.25, 0.3) is 15.9 Å². The quantitative estimate of drug-likeness (QED) is 0.824. The molecule has 1 heterocycles. The predicted octanol–water partition coefficient (Wildman–Crippen LogP) is 3.35. The lowest BCUT2D eigenvalue weighted by molar-refractivity contribution is 0.0977. The van der Waals surface area contributed by atoms with Crippen LogP contribution in [0, 0.1) is 0 Å². The maximum atomic E-state index is 13.8. The number of sulfonamides is 1. The van der Waals surface area contributed by atoms with Gasteiger partial charge in [-0.1, -0.05) is 29.8 Å². The van der Waals surface area contributed by atoms with Crippen LogP contribution in [0.2, 0.25) is 5.15 Å². The van der Waals surface area contributed by atoms with Crippen LogP contribution in [0.3, 0.4) is 0 Å². The van der Waals surface area contributed by atoms with E-state index in [1.54, 1.807) is 25.1 Å². The van der Waals surface area contributed by atoms with Crippen molar-refractivity contribution in [1.29, 1.82) is 0 Å². The number of benzene rings is 1. The van der Waals surface area contributed by atoms with Crippen LogP contribution < -0.4 is 4.72 Å². The van der Waals surface area contributed by atoms with E-state index >= 15 is 0 Å². The topological polar surface area (TPSA) is 81.1 Å². The molecule has 2 rings (SSSR count). The van der Waals surface area contributed by atoms with Gasteiger partial charge in [0.05, 0.1) is 11.2 Å². The van der Waals surface area contributed by atoms with Crippen molar-refractivity contribution in [2.45, 2.75) is 43.8 Å². The number of carbonyl (C=O) groups excluding carboxylic acids is 1. The smallest absolute Gasteiger partial charge is 0.286 e. The minimum Gasteiger partial charge on any atom is -0.318 e. The second-order valence-corrected chi connectivity index (χ2v) is 8.35. The van der Waals surface area contributed by atoms with Gasteiger partial charge < -0.3 is 4.57 Å². The second kappa shape index (κ2) is 7.13. The molecule has 9 heteroatoms. The average molecular weight is 388 g/mol. The highest BCUT2D eigenvalue weighted by Crippen LogP contribution is 2.28. The molecule has 0 radical (unpaired) electrons. The van der Waals surface area contributed by atoms with E-state index in [1.807, 2.05) is 4.72 Å². The second-order valence-electron chi connectivity index (χ2n) is 6.31. The van der Waals surface area contributed by atoms with Gasteiger partial charge in [-0.15, -0.1) is 0 Å². The number of carbonyl (C=O) groups is 1. The molecule has 0 spiro atoms. The highest BCUT2D eigenvalue weighted by Gasteiger charge is 2.26. The van der Waals surface area contributed by atoms with Crippen molar-refractivity contribution < 1.29 is 17.6 Å². The molecular formula is C16H19ClFN3O3S. The summed E-state index contributed by atoms with van der Waals surface area (Å²) in [6, 6.07) is 7.12. The Morgan fingerprint density at radius 2 is 1.96 bits per heavy atom. The Kier molecular flexibility index (Phi) is 5.53. The number of amides is 1. The molecule has 0 saturated carbocycles. The summed E-state index contributed by atoms with van der Waals surface area (Å²) in [6.45, 7) is 4.61. The average Bonchev–Trinajstić information content (AvgIpc) is 2.88. The molecule has 0 bridgehead atoms. The molecule has 25 heavy (non-hydrogen) atoms. The zero-order valence-corrected chi connectivity index (χ0v) is 15.6. The lowest BCUT2D eigenvalue weighted by Gasteiger charge is -2.21. The molecule has 1 unspecified atom stereocenters. The number of hydrogen-bond donors (Lipinski definition) is 1. The molecule has 1 amide bonds. The summed E-state index contributed by atoms with van der Waals surface area (Å²) in [7, 11) is -4.03. The first-order valence-electron chi connectivity index (χ1n) is 7.55. The Labute approximate surface area is 151 Å². The van der Waals surface area contributed by atoms with Gasteiger partial charge in [-0.25, -0.2) is 22.5 Å². The van der Waals surface area contributed by atoms with E-state index in [-0.39, 0.29) is 28.2 Å². The van der Waals surface area contributed by atoms with E-state index in [4.69, 9.17) is 11.6 Å². The monoisotopic (exact) mass is 387 g/mol. The third-order valence-corrected chi connectivity index (χ3v) is 5.21. The number of imidazole rings is 1. The largest absolute Gasteiger partial charge is 0.318 e. The van der Waals surface area contributed by atoms with E-state index in [1.165, 1.54) is 36.9 Å². The summed E-state index contributed by atoms with van der Waals surface area (Å²) in [5.74, 6) is -0.945. The van der Waals surface area contributed by atoms with Gasteiger partial charge in [0.2, 0.25) is 0 Å². The van der Waals surface area contributed by atoms with E-state index < -0.39 is 21.6 Å². The van der Waals surface area contributed by atoms with E-state index in [2.05, 4.69) is 4.98 Å². The molecule has 1 aromatic heterocycles. The summed E-state index contributed by atoms with van der Waals surface area (Å²) in [4.78, 5) is 16.1. The molecule has 0 saturated heterocycles. The zero-order chi connectivity index (χ0) is 18.8. The van der Waals surface area contributed by atoms with Crippen molar-refractivity contribution in [3.63, 3.8) is 0 Å². The number of alkyl halides is 1. The van der Waals surface area contributed by atoms with Crippen molar-refractivity contribution in [2.75, 3.05) is 0 Å². The zero-order valence-electron chi connectivity index (χ0n) is 14.0. The van der Waals surface area contributed by atoms with Gasteiger partial charge in [-0.05, 0) is 32.9 Å². The first-order chi connectivity index (χ1) is 11.5. The summed E-state index contributed by atoms with van der Waals surface area (Å²) in [6.07, 6.45) is 1.45. The number of rotatable bonds is 6. The first-order valence-corrected chi connectivity index (χ1v) is 9.41. The van der Waals surface area contributed by atoms with Crippen LogP contribution in [0.25, 0.3) is 0 Å². The Balaban J connectivity index is 2.21. The van der Waals surface area contributed by atoms with Gasteiger partial charge in [-0.2, -0.15) is 0 Å². The lowest BCUT2D eigenvalue weighted by Crippen LogP contribution is -2.31. The molecule has 136 valence electrons. The van der Waals surface area contributed by atoms with Crippen LogP contribution >= 0.6 is 11.6 Å². The summed E-state index contributed by atoms with van der Waals surface area (Å²) in [5, 5.41) is -0.0440. The maximum Gasteiger partial charge on any atom is 0.286 e. The molecule has 0 aliphatic carbocycles. The molecule has 0 fully saturated rings. The fourth-order valence-electron chi connectivity index (χ4n) is 2.44. The number of nitrogens with zero attached hydrogens (tertiary/aromatic N) is 2. The van der Waals surface area contributed by atoms with Crippen LogP contribution in [0.15, 0.2) is 41.6 Å². The number of nitrogens with one attached hydrogen (secondary N) is 1. The highest BCUT2D eigenvalue weighted by molar-refractivity contribution is 7.90. The lowest BCUT2D eigenvalue weighted by atomic mass is 10.0. The van der Waals surface area contributed by atoms with Gasteiger partial charge in [0, 0.05) is 12.5 Å². The normalized spacial score (nSPS) is 13.5. The van der Waals surface area contributed by atoms with Crippen molar-refractivity contribution in [3.05, 3.63) is 47.5 Å². The summed E-state index contributed by atoms with van der Waals surface area (Å²) in [5.41, 5.74) is -1.66. The third kappa shape index (κ3) is 4.79. The molecule has 1 aromatic carbocycles. The molecule has 1 atom stereocenters. The standard InChI is InChI=1S/C16H19ClFN3O3S/c1-11(9-16(2,3)18)21-10-19-13(14(21)17)15(22)20-25(23,24)12-7-5-4-6-8-12/h4-8,10-11H,9H2,1-3H3,(H,20,22). The summed E-state index contributed by atoms with van der Waals surface area (Å²) < 4.78 is 41.6. The van der Waals surface area contributed by atoms with Crippen LogP contribution in [0.1, 0.15) is 43.7 Å². The maximum absolute atomic E-state index is 13.8. The van der Waals surface area contributed by atoms with E-state index in [0.29, 0.717) is 0 Å². The van der Waals surface area contributed by atoms with Crippen molar-refractivity contribution in [2.24, 2.45) is 0 Å². The molecule has 0 aliphatic heterocycles. The molecule has 0 aliphatic rings.